The number of benzene rings is 4. The number of hydrogen-bond donors (Lipinski definition) is 0. The topological polar surface area (TPSA) is 78.9 Å². The number of esters is 2. The molecule has 0 saturated carbocycles. The number of carbonyl (C=O) groups is 3. The van der Waals surface area contributed by atoms with Crippen LogP contribution < -0.4 is 14.2 Å². The standard InChI is InChI=1S/C29H20O6/c30-25-18-26(19-11-13-22(14-12-19)33-28(31)20-7-3-1-4-8-20)35-27-17-23(15-16-24(25)27)34-29(32)21-9-5-2-6-10-21/h1-17,26H,18H2. The summed E-state index contributed by atoms with van der Waals surface area (Å²) in [6.45, 7) is 0. The van der Waals surface area contributed by atoms with E-state index in [1.54, 1.807) is 91.0 Å². The van der Waals surface area contributed by atoms with E-state index in [1.165, 1.54) is 0 Å². The lowest BCUT2D eigenvalue weighted by Gasteiger charge is -2.26. The van der Waals surface area contributed by atoms with Gasteiger partial charge in [0.05, 0.1) is 23.1 Å². The number of ether oxygens (including phenoxy) is 3. The van der Waals surface area contributed by atoms with E-state index in [2.05, 4.69) is 0 Å². The first-order valence-corrected chi connectivity index (χ1v) is 11.0. The SMILES string of the molecule is O=C(Oc1ccc(C2CC(=O)c3ccc(OC(=O)c4ccccc4)cc3O2)cc1)c1ccccc1. The summed E-state index contributed by atoms with van der Waals surface area (Å²) in [5, 5.41) is 0. The molecule has 6 heteroatoms. The van der Waals surface area contributed by atoms with Gasteiger partial charge in [-0.2, -0.15) is 0 Å². The van der Waals surface area contributed by atoms with Crippen molar-refractivity contribution >= 4 is 17.7 Å². The second kappa shape index (κ2) is 9.65. The molecule has 1 atom stereocenters. The first kappa shape index (κ1) is 22.1. The molecule has 0 N–H and O–H groups in total. The van der Waals surface area contributed by atoms with Gasteiger partial charge in [-0.1, -0.05) is 48.5 Å². The second-order valence-electron chi connectivity index (χ2n) is 7.97. The van der Waals surface area contributed by atoms with E-state index in [-0.39, 0.29) is 18.0 Å². The maximum absolute atomic E-state index is 12.7. The van der Waals surface area contributed by atoms with Gasteiger partial charge in [-0.3, -0.25) is 4.79 Å². The van der Waals surface area contributed by atoms with E-state index in [4.69, 9.17) is 14.2 Å². The highest BCUT2D eigenvalue weighted by atomic mass is 16.5. The molecular formula is C29H20O6. The van der Waals surface area contributed by atoms with Gasteiger partial charge in [0, 0.05) is 6.07 Å². The van der Waals surface area contributed by atoms with Crippen LogP contribution >= 0.6 is 0 Å². The Balaban J connectivity index is 1.29. The van der Waals surface area contributed by atoms with Gasteiger partial charge in [-0.15, -0.1) is 0 Å². The van der Waals surface area contributed by atoms with Crippen LogP contribution in [-0.4, -0.2) is 17.7 Å². The summed E-state index contributed by atoms with van der Waals surface area (Å²) in [5.41, 5.74) is 2.08. The second-order valence-corrected chi connectivity index (χ2v) is 7.97. The Bertz CT molecular complexity index is 1380. The van der Waals surface area contributed by atoms with Gasteiger partial charge in [0.15, 0.2) is 5.78 Å². The molecule has 0 bridgehead atoms. The zero-order chi connectivity index (χ0) is 24.2. The van der Waals surface area contributed by atoms with Crippen molar-refractivity contribution in [3.8, 4) is 17.2 Å². The molecule has 0 aromatic heterocycles. The number of fused-ring (bicyclic) bond motifs is 1. The molecule has 0 spiro atoms. The van der Waals surface area contributed by atoms with Crippen LogP contribution in [0.25, 0.3) is 0 Å². The number of hydrogen-bond acceptors (Lipinski definition) is 6. The molecule has 0 saturated heterocycles. The van der Waals surface area contributed by atoms with Crippen LogP contribution in [0.1, 0.15) is 49.2 Å². The van der Waals surface area contributed by atoms with Crippen LogP contribution in [0.3, 0.4) is 0 Å². The Morgan fingerprint density at radius 1 is 0.686 bits per heavy atom. The Morgan fingerprint density at radius 3 is 1.83 bits per heavy atom. The van der Waals surface area contributed by atoms with Gasteiger partial charge in [-0.05, 0) is 54.1 Å². The van der Waals surface area contributed by atoms with Crippen LogP contribution in [0.15, 0.2) is 103 Å². The van der Waals surface area contributed by atoms with E-state index in [1.807, 2.05) is 12.1 Å². The maximum atomic E-state index is 12.7. The first-order chi connectivity index (χ1) is 17.1. The summed E-state index contributed by atoms with van der Waals surface area (Å²) in [5.74, 6) is 0.00858. The van der Waals surface area contributed by atoms with Crippen molar-refractivity contribution in [1.29, 1.82) is 0 Å². The predicted octanol–water partition coefficient (Wildman–Crippen LogP) is 5.83. The van der Waals surface area contributed by atoms with Gasteiger partial charge < -0.3 is 14.2 Å². The fourth-order valence-electron chi connectivity index (χ4n) is 3.78. The molecule has 172 valence electrons. The monoisotopic (exact) mass is 464 g/mol. The highest BCUT2D eigenvalue weighted by Crippen LogP contribution is 2.37. The summed E-state index contributed by atoms with van der Waals surface area (Å²) in [4.78, 5) is 37.4. The highest BCUT2D eigenvalue weighted by Gasteiger charge is 2.28. The summed E-state index contributed by atoms with van der Waals surface area (Å²) in [7, 11) is 0. The molecule has 0 aliphatic carbocycles. The average Bonchev–Trinajstić information content (AvgIpc) is 2.90. The number of Topliss-reactive ketones (excluding diaryl/α,β-unsaturated/α-hetero) is 1. The molecular weight excluding hydrogens is 444 g/mol. The molecule has 4 aromatic carbocycles. The van der Waals surface area contributed by atoms with Crippen LogP contribution in [-0.2, 0) is 0 Å². The van der Waals surface area contributed by atoms with E-state index >= 15 is 0 Å². The summed E-state index contributed by atoms with van der Waals surface area (Å²) in [6.07, 6.45) is -0.354. The fraction of sp³-hybridized carbons (Fsp3) is 0.0690. The van der Waals surface area contributed by atoms with Crippen LogP contribution in [0, 0.1) is 0 Å². The predicted molar refractivity (Wildman–Crippen MR) is 128 cm³/mol. The zero-order valence-electron chi connectivity index (χ0n) is 18.5. The summed E-state index contributed by atoms with van der Waals surface area (Å²) < 4.78 is 17.0. The molecule has 1 aliphatic rings. The van der Waals surface area contributed by atoms with Crippen molar-refractivity contribution in [2.24, 2.45) is 0 Å². The molecule has 0 amide bonds. The van der Waals surface area contributed by atoms with Gasteiger partial charge in [0.1, 0.15) is 23.4 Å². The van der Waals surface area contributed by atoms with Crippen molar-refractivity contribution in [1.82, 2.24) is 0 Å². The lowest BCUT2D eigenvalue weighted by atomic mass is 9.96. The van der Waals surface area contributed by atoms with Crippen molar-refractivity contribution in [3.63, 3.8) is 0 Å². The first-order valence-electron chi connectivity index (χ1n) is 11.0. The molecule has 1 heterocycles. The van der Waals surface area contributed by atoms with E-state index in [0.717, 1.165) is 5.56 Å². The largest absolute Gasteiger partial charge is 0.484 e. The minimum atomic E-state index is -0.519. The summed E-state index contributed by atoms with van der Waals surface area (Å²) in [6, 6.07) is 29.0. The highest BCUT2D eigenvalue weighted by molar-refractivity contribution is 6.00. The van der Waals surface area contributed by atoms with E-state index in [9.17, 15) is 14.4 Å². The number of ketones is 1. The Morgan fingerprint density at radius 2 is 1.23 bits per heavy atom. The van der Waals surface area contributed by atoms with E-state index in [0.29, 0.717) is 28.2 Å². The average molecular weight is 464 g/mol. The molecule has 1 aliphatic heterocycles. The molecule has 0 fully saturated rings. The Kier molecular flexibility index (Phi) is 6.09. The van der Waals surface area contributed by atoms with Gasteiger partial charge in [0.2, 0.25) is 0 Å². The normalized spacial score (nSPS) is 14.4. The van der Waals surface area contributed by atoms with Crippen molar-refractivity contribution < 1.29 is 28.6 Å². The smallest absolute Gasteiger partial charge is 0.343 e. The molecule has 0 radical (unpaired) electrons. The Hall–Kier alpha value is -4.71. The van der Waals surface area contributed by atoms with Gasteiger partial charge >= 0.3 is 11.9 Å². The van der Waals surface area contributed by atoms with Crippen molar-refractivity contribution in [3.05, 3.63) is 125 Å². The minimum Gasteiger partial charge on any atom is -0.484 e. The van der Waals surface area contributed by atoms with Gasteiger partial charge in [0.25, 0.3) is 0 Å². The molecule has 6 nitrogen and oxygen atoms in total. The molecule has 5 rings (SSSR count). The fourth-order valence-corrected chi connectivity index (χ4v) is 3.78. The minimum absolute atomic E-state index is 0.0724. The Labute approximate surface area is 201 Å². The third-order valence-electron chi connectivity index (χ3n) is 5.59. The molecule has 35 heavy (non-hydrogen) atoms. The third-order valence-corrected chi connectivity index (χ3v) is 5.59. The quantitative estimate of drug-likeness (QED) is 0.273. The molecule has 1 unspecified atom stereocenters. The maximum Gasteiger partial charge on any atom is 0.343 e. The zero-order valence-corrected chi connectivity index (χ0v) is 18.5. The number of carbonyl (C=O) groups excluding carboxylic acids is 3. The lowest BCUT2D eigenvalue weighted by Crippen LogP contribution is -2.20. The van der Waals surface area contributed by atoms with E-state index < -0.39 is 18.0 Å². The van der Waals surface area contributed by atoms with Crippen molar-refractivity contribution in [2.75, 3.05) is 0 Å². The van der Waals surface area contributed by atoms with Crippen LogP contribution in [0.2, 0.25) is 0 Å². The van der Waals surface area contributed by atoms with Crippen LogP contribution in [0.5, 0.6) is 17.2 Å². The number of rotatable bonds is 5. The third kappa shape index (κ3) is 4.96. The van der Waals surface area contributed by atoms with Crippen molar-refractivity contribution in [2.45, 2.75) is 12.5 Å². The lowest BCUT2D eigenvalue weighted by molar-refractivity contribution is 0.0724. The van der Waals surface area contributed by atoms with Crippen LogP contribution in [0.4, 0.5) is 0 Å². The van der Waals surface area contributed by atoms with Gasteiger partial charge in [-0.25, -0.2) is 9.59 Å². The molecule has 4 aromatic rings. The summed E-state index contributed by atoms with van der Waals surface area (Å²) >= 11 is 0.